The van der Waals surface area contributed by atoms with Gasteiger partial charge in [0.05, 0.1) is 12.5 Å². The van der Waals surface area contributed by atoms with Crippen molar-refractivity contribution < 1.29 is 22.7 Å². The van der Waals surface area contributed by atoms with Gasteiger partial charge in [-0.1, -0.05) is 12.8 Å². The maximum absolute atomic E-state index is 13.1. The quantitative estimate of drug-likeness (QED) is 0.690. The lowest BCUT2D eigenvalue weighted by molar-refractivity contribution is -0.129. The van der Waals surface area contributed by atoms with E-state index in [0.29, 0.717) is 31.9 Å². The molecule has 3 aliphatic rings. The Kier molecular flexibility index (Phi) is 6.52. The summed E-state index contributed by atoms with van der Waals surface area (Å²) in [6.45, 7) is 3.56. The predicted octanol–water partition coefficient (Wildman–Crippen LogP) is 2.60. The number of nitrogens with zero attached hydrogens (tertiary/aromatic N) is 2. The van der Waals surface area contributed by atoms with Crippen LogP contribution in [-0.4, -0.2) is 61.7 Å². The van der Waals surface area contributed by atoms with Gasteiger partial charge >= 0.3 is 0 Å². The summed E-state index contributed by atoms with van der Waals surface area (Å²) in [5.41, 5.74) is 0.401. The number of amides is 2. The van der Waals surface area contributed by atoms with Crippen LogP contribution in [-0.2, 0) is 19.6 Å². The van der Waals surface area contributed by atoms with Crippen molar-refractivity contribution in [1.82, 2.24) is 9.21 Å². The van der Waals surface area contributed by atoms with Gasteiger partial charge < -0.3 is 15.0 Å². The third-order valence-electron chi connectivity index (χ3n) is 6.49. The Labute approximate surface area is 184 Å². The van der Waals surface area contributed by atoms with Crippen LogP contribution in [0, 0.1) is 5.92 Å². The van der Waals surface area contributed by atoms with Gasteiger partial charge in [-0.3, -0.25) is 9.59 Å². The fourth-order valence-corrected chi connectivity index (χ4v) is 6.52. The zero-order valence-electron chi connectivity index (χ0n) is 18.0. The Bertz CT molecular complexity index is 936. The third kappa shape index (κ3) is 4.57. The van der Waals surface area contributed by atoms with Gasteiger partial charge in [0, 0.05) is 37.8 Å². The van der Waals surface area contributed by atoms with Crippen LogP contribution in [0.25, 0.3) is 0 Å². The van der Waals surface area contributed by atoms with Gasteiger partial charge in [-0.15, -0.1) is 0 Å². The van der Waals surface area contributed by atoms with E-state index in [0.717, 1.165) is 38.5 Å². The smallest absolute Gasteiger partial charge is 0.246 e. The second-order valence-electron chi connectivity index (χ2n) is 8.58. The van der Waals surface area contributed by atoms with Crippen LogP contribution >= 0.6 is 0 Å². The van der Waals surface area contributed by atoms with E-state index in [1.165, 1.54) is 10.4 Å². The van der Waals surface area contributed by atoms with E-state index in [1.54, 1.807) is 19.1 Å². The summed E-state index contributed by atoms with van der Waals surface area (Å²) in [5.74, 6) is -0.340. The van der Waals surface area contributed by atoms with Crippen molar-refractivity contribution in [2.75, 3.05) is 31.6 Å². The first-order valence-electron chi connectivity index (χ1n) is 11.3. The van der Waals surface area contributed by atoms with Crippen molar-refractivity contribution in [2.45, 2.75) is 62.8 Å². The number of carbonyl (C=O) groups excluding carboxylic acids is 2. The highest BCUT2D eigenvalue weighted by Gasteiger charge is 2.39. The molecule has 1 N–H and O–H groups in total. The predicted molar refractivity (Wildman–Crippen MR) is 116 cm³/mol. The second kappa shape index (κ2) is 9.16. The lowest BCUT2D eigenvalue weighted by Crippen LogP contribution is -2.35. The number of anilines is 1. The molecule has 1 saturated carbocycles. The number of rotatable bonds is 7. The van der Waals surface area contributed by atoms with E-state index in [9.17, 15) is 18.0 Å². The molecule has 0 radical (unpaired) electrons. The Hall–Kier alpha value is -2.13. The number of sulfonamides is 1. The van der Waals surface area contributed by atoms with E-state index in [2.05, 4.69) is 5.32 Å². The molecule has 1 aliphatic carbocycles. The molecule has 2 heterocycles. The summed E-state index contributed by atoms with van der Waals surface area (Å²) < 4.78 is 33.3. The number of ether oxygens (including phenoxy) is 1. The van der Waals surface area contributed by atoms with Crippen molar-refractivity contribution in [3.05, 3.63) is 18.2 Å². The summed E-state index contributed by atoms with van der Waals surface area (Å²) in [6, 6.07) is 4.97. The van der Waals surface area contributed by atoms with Crippen molar-refractivity contribution in [1.29, 1.82) is 0 Å². The zero-order valence-corrected chi connectivity index (χ0v) is 18.8. The molecular weight excluding hydrogens is 418 g/mol. The van der Waals surface area contributed by atoms with Gasteiger partial charge in [0.25, 0.3) is 0 Å². The summed E-state index contributed by atoms with van der Waals surface area (Å²) in [4.78, 5) is 27.2. The van der Waals surface area contributed by atoms with Crippen molar-refractivity contribution >= 4 is 27.5 Å². The molecule has 1 atom stereocenters. The van der Waals surface area contributed by atoms with Crippen LogP contribution in [0.15, 0.2) is 23.1 Å². The van der Waals surface area contributed by atoms with Crippen molar-refractivity contribution in [3.63, 3.8) is 0 Å². The number of carbonyl (C=O) groups is 2. The van der Waals surface area contributed by atoms with Crippen LogP contribution in [0.3, 0.4) is 0 Å². The molecule has 1 aromatic rings. The normalized spacial score (nSPS) is 22.9. The molecule has 4 rings (SSSR count). The molecule has 0 unspecified atom stereocenters. The number of likely N-dealkylation sites (tertiary alicyclic amines) is 1. The van der Waals surface area contributed by atoms with Gasteiger partial charge in [0.2, 0.25) is 21.8 Å². The van der Waals surface area contributed by atoms with Gasteiger partial charge in [0.15, 0.2) is 0 Å². The third-order valence-corrected chi connectivity index (χ3v) is 8.41. The molecule has 31 heavy (non-hydrogen) atoms. The highest BCUT2D eigenvalue weighted by Crippen LogP contribution is 2.33. The monoisotopic (exact) mass is 449 g/mol. The van der Waals surface area contributed by atoms with E-state index in [1.807, 2.05) is 4.90 Å². The minimum atomic E-state index is -3.70. The number of hydrogen-bond acceptors (Lipinski definition) is 5. The number of benzene rings is 1. The molecular formula is C22H31N3O5S. The van der Waals surface area contributed by atoms with Crippen LogP contribution in [0.2, 0.25) is 0 Å². The fraction of sp³-hybridized carbons (Fsp3) is 0.636. The Morgan fingerprint density at radius 1 is 1.16 bits per heavy atom. The Balaban J connectivity index is 1.50. The molecule has 8 nitrogen and oxygen atoms in total. The molecule has 2 aliphatic heterocycles. The van der Waals surface area contributed by atoms with Crippen molar-refractivity contribution in [2.24, 2.45) is 5.92 Å². The van der Waals surface area contributed by atoms with Gasteiger partial charge in [-0.05, 0) is 50.8 Å². The van der Waals surface area contributed by atoms with Crippen LogP contribution in [0.5, 0.6) is 5.75 Å². The molecule has 3 fully saturated rings. The molecule has 0 aromatic heterocycles. The van der Waals surface area contributed by atoms with E-state index >= 15 is 0 Å². The topological polar surface area (TPSA) is 96.0 Å². The summed E-state index contributed by atoms with van der Waals surface area (Å²) in [7, 11) is -3.70. The lowest BCUT2D eigenvalue weighted by atomic mass is 10.1. The molecule has 2 saturated heterocycles. The molecule has 0 spiro atoms. The minimum absolute atomic E-state index is 0.0380. The highest BCUT2D eigenvalue weighted by atomic mass is 32.2. The first-order chi connectivity index (χ1) is 14.9. The molecule has 9 heteroatoms. The fourth-order valence-electron chi connectivity index (χ4n) is 4.85. The number of hydrogen-bond donors (Lipinski definition) is 1. The average molecular weight is 450 g/mol. The largest absolute Gasteiger partial charge is 0.492 e. The SMILES string of the molecule is CCOc1ccc(NC(=O)[C@H]2CC(=O)N(C3CCCC3)C2)cc1S(=O)(=O)N1CCCC1. The van der Waals surface area contributed by atoms with Crippen LogP contribution in [0.1, 0.15) is 51.9 Å². The summed E-state index contributed by atoms with van der Waals surface area (Å²) in [6.07, 6.45) is 6.17. The van der Waals surface area contributed by atoms with Crippen LogP contribution in [0.4, 0.5) is 5.69 Å². The maximum atomic E-state index is 13.1. The molecule has 0 bridgehead atoms. The average Bonchev–Trinajstić information content (AvgIpc) is 3.51. The van der Waals surface area contributed by atoms with Crippen molar-refractivity contribution in [3.8, 4) is 5.75 Å². The lowest BCUT2D eigenvalue weighted by Gasteiger charge is -2.24. The summed E-state index contributed by atoms with van der Waals surface area (Å²) >= 11 is 0. The van der Waals surface area contributed by atoms with Gasteiger partial charge in [0.1, 0.15) is 10.6 Å². The standard InChI is InChI=1S/C22H31N3O5S/c1-2-30-19-10-9-17(14-20(19)31(28,29)24-11-5-6-12-24)23-22(27)16-13-21(26)25(15-16)18-7-3-4-8-18/h9-10,14,16,18H,2-8,11-13,15H2,1H3,(H,23,27)/t16-/m0/s1. The highest BCUT2D eigenvalue weighted by molar-refractivity contribution is 7.89. The minimum Gasteiger partial charge on any atom is -0.492 e. The van der Waals surface area contributed by atoms with E-state index < -0.39 is 15.9 Å². The molecule has 1 aromatic carbocycles. The van der Waals surface area contributed by atoms with E-state index in [-0.39, 0.29) is 34.9 Å². The second-order valence-corrected chi connectivity index (χ2v) is 10.5. The molecule has 170 valence electrons. The Morgan fingerprint density at radius 3 is 2.55 bits per heavy atom. The first kappa shape index (κ1) is 22.1. The van der Waals surface area contributed by atoms with Gasteiger partial charge in [-0.2, -0.15) is 4.31 Å². The molecule has 2 amide bonds. The first-order valence-corrected chi connectivity index (χ1v) is 12.7. The van der Waals surface area contributed by atoms with E-state index in [4.69, 9.17) is 4.74 Å². The van der Waals surface area contributed by atoms with Crippen LogP contribution < -0.4 is 10.1 Å². The van der Waals surface area contributed by atoms with Gasteiger partial charge in [-0.25, -0.2) is 8.42 Å². The maximum Gasteiger partial charge on any atom is 0.246 e. The Morgan fingerprint density at radius 2 is 1.87 bits per heavy atom. The number of nitrogens with one attached hydrogen (secondary N) is 1. The summed E-state index contributed by atoms with van der Waals surface area (Å²) in [5, 5.41) is 2.83. The zero-order chi connectivity index (χ0) is 22.0.